The molecule has 0 radical (unpaired) electrons. The second-order valence-corrected chi connectivity index (χ2v) is 7.73. The van der Waals surface area contributed by atoms with Gasteiger partial charge >= 0.3 is 7.12 Å². The van der Waals surface area contributed by atoms with Gasteiger partial charge < -0.3 is 26.4 Å². The summed E-state index contributed by atoms with van der Waals surface area (Å²) in [5.41, 5.74) is 9.67. The number of carbonyl (C=O) groups excluding carboxylic acids is 1. The number of carbonyl (C=O) groups is 1. The smallest absolute Gasteiger partial charge is 0.423 e. The number of aromatic nitrogens is 5. The standard InChI is InChI=1S/C21H21BN8O3/c23-19(31)16-8-2-7-15-18(28-29-30(15)16)21-26-14-6-3-9-24-17(14)20(27-21)25-11-12-4-1-5-13(10-12)22(32)33/h1-2,4-5,7-8,10,24,32-33H,3,6,9,11H2,(H2,23,31)(H,25,26,27). The number of hydrogen-bond acceptors (Lipinski definition) is 9. The van der Waals surface area contributed by atoms with E-state index in [-0.39, 0.29) is 5.69 Å². The molecule has 0 spiro atoms. The van der Waals surface area contributed by atoms with Gasteiger partial charge in [0.2, 0.25) is 0 Å². The SMILES string of the molecule is NC(=O)c1cccc2c(-c3nc4c(c(NCc5cccc(B(O)O)c5)n3)NCCC4)nnn12. The molecule has 166 valence electrons. The molecule has 4 heterocycles. The maximum Gasteiger partial charge on any atom is 0.488 e. The van der Waals surface area contributed by atoms with Crippen LogP contribution < -0.4 is 21.8 Å². The van der Waals surface area contributed by atoms with Gasteiger partial charge in [0.1, 0.15) is 5.69 Å². The van der Waals surface area contributed by atoms with Gasteiger partial charge in [-0.2, -0.15) is 0 Å². The van der Waals surface area contributed by atoms with Crippen LogP contribution in [0.15, 0.2) is 42.5 Å². The Labute approximate surface area is 188 Å². The Kier molecular flexibility index (Phi) is 5.36. The van der Waals surface area contributed by atoms with Crippen LogP contribution >= 0.6 is 0 Å². The van der Waals surface area contributed by atoms with Crippen molar-refractivity contribution in [1.29, 1.82) is 0 Å². The number of anilines is 2. The Morgan fingerprint density at radius 3 is 2.88 bits per heavy atom. The fourth-order valence-corrected chi connectivity index (χ4v) is 3.89. The molecule has 11 nitrogen and oxygen atoms in total. The van der Waals surface area contributed by atoms with E-state index in [0.29, 0.717) is 34.9 Å². The van der Waals surface area contributed by atoms with Crippen LogP contribution in [0.1, 0.15) is 28.2 Å². The Morgan fingerprint density at radius 2 is 2.06 bits per heavy atom. The molecule has 3 aromatic heterocycles. The zero-order valence-corrected chi connectivity index (χ0v) is 17.6. The number of nitrogens with one attached hydrogen (secondary N) is 2. The largest absolute Gasteiger partial charge is 0.488 e. The summed E-state index contributed by atoms with van der Waals surface area (Å²) in [6, 6.07) is 12.1. The van der Waals surface area contributed by atoms with Crippen molar-refractivity contribution in [1.82, 2.24) is 24.8 Å². The van der Waals surface area contributed by atoms with Crippen molar-refractivity contribution in [3.8, 4) is 11.5 Å². The Morgan fingerprint density at radius 1 is 1.21 bits per heavy atom. The second-order valence-electron chi connectivity index (χ2n) is 7.73. The van der Waals surface area contributed by atoms with Gasteiger partial charge in [0, 0.05) is 13.1 Å². The van der Waals surface area contributed by atoms with E-state index in [2.05, 4.69) is 20.9 Å². The minimum atomic E-state index is -1.53. The first-order valence-corrected chi connectivity index (χ1v) is 10.5. The van der Waals surface area contributed by atoms with E-state index in [1.165, 1.54) is 4.52 Å². The van der Waals surface area contributed by atoms with Crippen LogP contribution in [0.3, 0.4) is 0 Å². The lowest BCUT2D eigenvalue weighted by Gasteiger charge is -2.21. The van der Waals surface area contributed by atoms with E-state index in [1.807, 2.05) is 6.07 Å². The monoisotopic (exact) mass is 444 g/mol. The van der Waals surface area contributed by atoms with Gasteiger partial charge in [-0.05, 0) is 36.0 Å². The van der Waals surface area contributed by atoms with Gasteiger partial charge in [0.05, 0.1) is 16.9 Å². The molecule has 0 unspecified atom stereocenters. The van der Waals surface area contributed by atoms with Gasteiger partial charge in [-0.3, -0.25) is 4.79 Å². The van der Waals surface area contributed by atoms with E-state index in [9.17, 15) is 14.8 Å². The van der Waals surface area contributed by atoms with Crippen molar-refractivity contribution < 1.29 is 14.8 Å². The first-order chi connectivity index (χ1) is 16.0. The summed E-state index contributed by atoms with van der Waals surface area (Å²) in [6.07, 6.45) is 1.72. The predicted octanol–water partition coefficient (Wildman–Crippen LogP) is -0.0648. The van der Waals surface area contributed by atoms with Gasteiger partial charge in [-0.15, -0.1) is 5.10 Å². The quantitative estimate of drug-likeness (QED) is 0.256. The number of rotatable bonds is 6. The fourth-order valence-electron chi connectivity index (χ4n) is 3.89. The Bertz CT molecular complexity index is 1360. The third kappa shape index (κ3) is 3.97. The molecule has 1 aromatic carbocycles. The number of fused-ring (bicyclic) bond motifs is 2. The third-order valence-electron chi connectivity index (χ3n) is 5.49. The van der Waals surface area contributed by atoms with Crippen LogP contribution in [0, 0.1) is 0 Å². The molecule has 1 aliphatic heterocycles. The molecule has 0 bridgehead atoms. The highest BCUT2D eigenvalue weighted by molar-refractivity contribution is 6.58. The molecule has 0 aliphatic carbocycles. The molecule has 5 rings (SSSR count). The van der Waals surface area contributed by atoms with E-state index >= 15 is 0 Å². The lowest BCUT2D eigenvalue weighted by atomic mass is 9.80. The highest BCUT2D eigenvalue weighted by Crippen LogP contribution is 2.31. The number of benzene rings is 1. The molecule has 6 N–H and O–H groups in total. The number of nitrogens with zero attached hydrogens (tertiary/aromatic N) is 5. The van der Waals surface area contributed by atoms with Crippen molar-refractivity contribution in [3.63, 3.8) is 0 Å². The number of aryl methyl sites for hydroxylation is 1. The van der Waals surface area contributed by atoms with E-state index in [1.54, 1.807) is 36.4 Å². The maximum atomic E-state index is 11.7. The zero-order valence-electron chi connectivity index (χ0n) is 17.6. The average Bonchev–Trinajstić information content (AvgIpc) is 3.26. The van der Waals surface area contributed by atoms with Crippen molar-refractivity contribution in [2.45, 2.75) is 19.4 Å². The van der Waals surface area contributed by atoms with Gasteiger partial charge in [-0.25, -0.2) is 14.5 Å². The number of amides is 1. The summed E-state index contributed by atoms with van der Waals surface area (Å²) < 4.78 is 1.39. The van der Waals surface area contributed by atoms with Crippen LogP contribution in [-0.4, -0.2) is 54.4 Å². The van der Waals surface area contributed by atoms with Gasteiger partial charge in [0.25, 0.3) is 5.91 Å². The summed E-state index contributed by atoms with van der Waals surface area (Å²) in [5.74, 6) is 0.387. The van der Waals surface area contributed by atoms with E-state index in [4.69, 9.17) is 15.7 Å². The Hall–Kier alpha value is -4.03. The summed E-state index contributed by atoms with van der Waals surface area (Å²) in [6.45, 7) is 1.23. The second kappa shape index (κ2) is 8.49. The molecule has 1 amide bonds. The van der Waals surface area contributed by atoms with Crippen LogP contribution in [-0.2, 0) is 13.0 Å². The molecule has 4 aromatic rings. The molecule has 1 aliphatic rings. The number of hydrogen-bond donors (Lipinski definition) is 5. The average molecular weight is 444 g/mol. The molecule has 0 fully saturated rings. The first-order valence-electron chi connectivity index (χ1n) is 10.5. The highest BCUT2D eigenvalue weighted by Gasteiger charge is 2.22. The first kappa shape index (κ1) is 20.9. The number of nitrogens with two attached hydrogens (primary N) is 1. The van der Waals surface area contributed by atoms with Gasteiger partial charge in [0.15, 0.2) is 17.3 Å². The Balaban J connectivity index is 1.54. The van der Waals surface area contributed by atoms with Crippen molar-refractivity contribution in [3.05, 3.63) is 59.4 Å². The summed E-state index contributed by atoms with van der Waals surface area (Å²) >= 11 is 0. The molecule has 0 atom stereocenters. The van der Waals surface area contributed by atoms with Crippen molar-refractivity contribution in [2.24, 2.45) is 5.73 Å². The summed E-state index contributed by atoms with van der Waals surface area (Å²) in [7, 11) is -1.53. The summed E-state index contributed by atoms with van der Waals surface area (Å²) in [5, 5.41) is 33.9. The number of primary amides is 1. The maximum absolute atomic E-state index is 11.7. The minimum absolute atomic E-state index is 0.218. The lowest BCUT2D eigenvalue weighted by Crippen LogP contribution is -2.30. The highest BCUT2D eigenvalue weighted by atomic mass is 16.4. The predicted molar refractivity (Wildman–Crippen MR) is 123 cm³/mol. The molecule has 12 heteroatoms. The van der Waals surface area contributed by atoms with Crippen LogP contribution in [0.25, 0.3) is 17.0 Å². The van der Waals surface area contributed by atoms with Crippen molar-refractivity contribution in [2.75, 3.05) is 17.2 Å². The molecule has 33 heavy (non-hydrogen) atoms. The molecular formula is C21H21BN8O3. The van der Waals surface area contributed by atoms with Gasteiger partial charge in [-0.1, -0.05) is 35.5 Å². The number of pyridine rings is 1. The zero-order chi connectivity index (χ0) is 22.9. The van der Waals surface area contributed by atoms with Crippen LogP contribution in [0.5, 0.6) is 0 Å². The van der Waals surface area contributed by atoms with Crippen LogP contribution in [0.2, 0.25) is 0 Å². The van der Waals surface area contributed by atoms with E-state index < -0.39 is 13.0 Å². The minimum Gasteiger partial charge on any atom is -0.423 e. The topological polar surface area (TPSA) is 164 Å². The van der Waals surface area contributed by atoms with E-state index in [0.717, 1.165) is 36.3 Å². The third-order valence-corrected chi connectivity index (χ3v) is 5.49. The fraction of sp³-hybridized carbons (Fsp3) is 0.190. The normalized spacial score (nSPS) is 12.8. The molecule has 0 saturated carbocycles. The van der Waals surface area contributed by atoms with Crippen molar-refractivity contribution >= 4 is 35.5 Å². The molecule has 0 saturated heterocycles. The molecular weight excluding hydrogens is 423 g/mol. The lowest BCUT2D eigenvalue weighted by molar-refractivity contribution is 0.0993. The van der Waals surface area contributed by atoms with Crippen LogP contribution in [0.4, 0.5) is 11.5 Å². The summed E-state index contributed by atoms with van der Waals surface area (Å²) in [4.78, 5) is 21.2.